The van der Waals surface area contributed by atoms with Crippen LogP contribution in [-0.4, -0.2) is 28.7 Å². The highest BCUT2D eigenvalue weighted by Crippen LogP contribution is 2.23. The van der Waals surface area contributed by atoms with Crippen molar-refractivity contribution in [2.75, 3.05) is 13.1 Å². The fraction of sp³-hybridized carbons (Fsp3) is 0.556. The molecule has 1 aromatic heterocycles. The number of aliphatic hydroxyl groups is 1. The van der Waals surface area contributed by atoms with Gasteiger partial charge in [-0.1, -0.05) is 0 Å². The average Bonchev–Trinajstić information content (AvgIpc) is 2.31. The highest BCUT2D eigenvalue weighted by molar-refractivity contribution is 9.10. The molecule has 0 unspecified atom stereocenters. The molecule has 0 aromatic carbocycles. The molecule has 0 amide bonds. The van der Waals surface area contributed by atoms with Crippen LogP contribution in [-0.2, 0) is 6.54 Å². The van der Waals surface area contributed by atoms with E-state index in [0.29, 0.717) is 0 Å². The molecule has 1 aliphatic heterocycles. The lowest BCUT2D eigenvalue weighted by atomic mass is 9.97. The van der Waals surface area contributed by atoms with E-state index in [-0.39, 0.29) is 0 Å². The summed E-state index contributed by atoms with van der Waals surface area (Å²) in [4.78, 5) is 2.14. The van der Waals surface area contributed by atoms with Gasteiger partial charge in [-0.3, -0.25) is 4.90 Å². The van der Waals surface area contributed by atoms with E-state index in [1.807, 2.05) is 19.1 Å². The van der Waals surface area contributed by atoms with Crippen LogP contribution in [0, 0.1) is 0 Å². The third-order valence-electron chi connectivity index (χ3n) is 2.14. The third-order valence-corrected chi connectivity index (χ3v) is 2.56. The van der Waals surface area contributed by atoms with Crippen LogP contribution < -0.4 is 0 Å². The maximum absolute atomic E-state index is 9.49. The molecule has 2 heterocycles. The highest BCUT2D eigenvalue weighted by Gasteiger charge is 2.36. The summed E-state index contributed by atoms with van der Waals surface area (Å²) in [6.45, 7) is 4.08. The van der Waals surface area contributed by atoms with Crippen LogP contribution in [0.15, 0.2) is 21.2 Å². The van der Waals surface area contributed by atoms with E-state index in [0.717, 1.165) is 30.1 Å². The van der Waals surface area contributed by atoms with Crippen LogP contribution in [0.3, 0.4) is 0 Å². The predicted octanol–water partition coefficient (Wildman–Crippen LogP) is 1.61. The van der Waals surface area contributed by atoms with Crippen LogP contribution in [0.25, 0.3) is 0 Å². The first-order valence-electron chi connectivity index (χ1n) is 4.24. The summed E-state index contributed by atoms with van der Waals surface area (Å²) < 4.78 is 6.11. The standard InChI is InChI=1S/C9H12BrNO2/c1-9(12)5-11(6-9)4-7-2-3-8(10)13-7/h2-3,12H,4-6H2,1H3. The third kappa shape index (κ3) is 2.13. The van der Waals surface area contributed by atoms with Gasteiger partial charge >= 0.3 is 0 Å². The number of hydrogen-bond acceptors (Lipinski definition) is 3. The van der Waals surface area contributed by atoms with Gasteiger partial charge in [0.2, 0.25) is 0 Å². The molecular weight excluding hydrogens is 234 g/mol. The smallest absolute Gasteiger partial charge is 0.169 e. The van der Waals surface area contributed by atoms with Gasteiger partial charge in [-0.05, 0) is 35.0 Å². The second-order valence-corrected chi connectivity index (χ2v) is 4.63. The van der Waals surface area contributed by atoms with Gasteiger partial charge in [0.05, 0.1) is 12.1 Å². The van der Waals surface area contributed by atoms with Crippen molar-refractivity contribution in [2.45, 2.75) is 19.1 Å². The van der Waals surface area contributed by atoms with Gasteiger partial charge in [-0.15, -0.1) is 0 Å². The fourth-order valence-electron chi connectivity index (χ4n) is 1.69. The maximum atomic E-state index is 9.49. The molecule has 3 nitrogen and oxygen atoms in total. The molecule has 0 saturated carbocycles. The number of nitrogens with zero attached hydrogens (tertiary/aromatic N) is 1. The zero-order valence-corrected chi connectivity index (χ0v) is 9.04. The van der Waals surface area contributed by atoms with Crippen molar-refractivity contribution in [1.29, 1.82) is 0 Å². The predicted molar refractivity (Wildman–Crippen MR) is 52.3 cm³/mol. The van der Waals surface area contributed by atoms with Gasteiger partial charge in [-0.2, -0.15) is 0 Å². The van der Waals surface area contributed by atoms with E-state index >= 15 is 0 Å². The largest absolute Gasteiger partial charge is 0.453 e. The van der Waals surface area contributed by atoms with Gasteiger partial charge in [-0.25, -0.2) is 0 Å². The van der Waals surface area contributed by atoms with Crippen molar-refractivity contribution in [3.05, 3.63) is 22.6 Å². The van der Waals surface area contributed by atoms with Gasteiger partial charge in [0.25, 0.3) is 0 Å². The van der Waals surface area contributed by atoms with Crippen molar-refractivity contribution in [1.82, 2.24) is 4.90 Å². The summed E-state index contributed by atoms with van der Waals surface area (Å²) >= 11 is 3.25. The molecular formula is C9H12BrNO2. The molecule has 1 fully saturated rings. The first kappa shape index (κ1) is 9.24. The summed E-state index contributed by atoms with van der Waals surface area (Å²) in [5.41, 5.74) is -0.496. The van der Waals surface area contributed by atoms with E-state index in [1.165, 1.54) is 0 Å². The summed E-state index contributed by atoms with van der Waals surface area (Å²) in [7, 11) is 0. The summed E-state index contributed by atoms with van der Waals surface area (Å²) in [5, 5.41) is 9.49. The van der Waals surface area contributed by atoms with E-state index in [2.05, 4.69) is 20.8 Å². The Kier molecular flexibility index (Phi) is 2.21. The van der Waals surface area contributed by atoms with Crippen molar-refractivity contribution in [3.63, 3.8) is 0 Å². The summed E-state index contributed by atoms with van der Waals surface area (Å²) in [6, 6.07) is 3.82. The van der Waals surface area contributed by atoms with Crippen molar-refractivity contribution < 1.29 is 9.52 Å². The Morgan fingerprint density at radius 3 is 2.77 bits per heavy atom. The Balaban J connectivity index is 1.87. The molecule has 0 atom stereocenters. The van der Waals surface area contributed by atoms with E-state index in [1.54, 1.807) is 0 Å². The Labute approximate surface area is 85.5 Å². The van der Waals surface area contributed by atoms with Crippen LogP contribution in [0.5, 0.6) is 0 Å². The number of halogens is 1. The SMILES string of the molecule is CC1(O)CN(Cc2ccc(Br)o2)C1. The van der Waals surface area contributed by atoms with E-state index < -0.39 is 5.60 Å². The number of β-amino-alcohol motifs (C(OH)–C–C–N with tert-alkyl or cyclic N) is 1. The second-order valence-electron chi connectivity index (χ2n) is 3.85. The minimum atomic E-state index is -0.496. The monoisotopic (exact) mass is 245 g/mol. The van der Waals surface area contributed by atoms with Crippen LogP contribution in [0.1, 0.15) is 12.7 Å². The Morgan fingerprint density at radius 1 is 1.62 bits per heavy atom. The second kappa shape index (κ2) is 3.12. The van der Waals surface area contributed by atoms with Gasteiger partial charge < -0.3 is 9.52 Å². The molecule has 0 aliphatic carbocycles. The molecule has 13 heavy (non-hydrogen) atoms. The topological polar surface area (TPSA) is 36.6 Å². The normalized spacial score (nSPS) is 21.5. The molecule has 1 aromatic rings. The fourth-order valence-corrected chi connectivity index (χ4v) is 2.03. The van der Waals surface area contributed by atoms with Crippen molar-refractivity contribution in [3.8, 4) is 0 Å². The average molecular weight is 246 g/mol. The lowest BCUT2D eigenvalue weighted by molar-refractivity contribution is -0.0892. The maximum Gasteiger partial charge on any atom is 0.169 e. The van der Waals surface area contributed by atoms with Gasteiger partial charge in [0.15, 0.2) is 4.67 Å². The van der Waals surface area contributed by atoms with Crippen LogP contribution in [0.2, 0.25) is 0 Å². The number of furan rings is 1. The number of likely N-dealkylation sites (tertiary alicyclic amines) is 1. The molecule has 0 spiro atoms. The van der Waals surface area contributed by atoms with Crippen molar-refractivity contribution >= 4 is 15.9 Å². The quantitative estimate of drug-likeness (QED) is 0.861. The van der Waals surface area contributed by atoms with E-state index in [4.69, 9.17) is 4.42 Å². The molecule has 0 radical (unpaired) electrons. The molecule has 1 N–H and O–H groups in total. The molecule has 1 aliphatic rings. The lowest BCUT2D eigenvalue weighted by Gasteiger charge is -2.43. The summed E-state index contributed by atoms with van der Waals surface area (Å²) in [5.74, 6) is 0.933. The first-order chi connectivity index (χ1) is 6.05. The minimum Gasteiger partial charge on any atom is -0.453 e. The number of hydrogen-bond donors (Lipinski definition) is 1. The molecule has 0 bridgehead atoms. The zero-order valence-electron chi connectivity index (χ0n) is 7.46. The van der Waals surface area contributed by atoms with E-state index in [9.17, 15) is 5.11 Å². The Hall–Kier alpha value is -0.320. The minimum absolute atomic E-state index is 0.496. The van der Waals surface area contributed by atoms with Gasteiger partial charge in [0, 0.05) is 13.1 Å². The molecule has 72 valence electrons. The Bertz CT molecular complexity index is 300. The van der Waals surface area contributed by atoms with Crippen molar-refractivity contribution in [2.24, 2.45) is 0 Å². The molecule has 1 saturated heterocycles. The molecule has 4 heteroatoms. The Morgan fingerprint density at radius 2 is 2.31 bits per heavy atom. The lowest BCUT2D eigenvalue weighted by Crippen LogP contribution is -2.59. The molecule has 2 rings (SSSR count). The van der Waals surface area contributed by atoms with Crippen LogP contribution >= 0.6 is 15.9 Å². The zero-order chi connectivity index (χ0) is 9.47. The van der Waals surface area contributed by atoms with Crippen LogP contribution in [0.4, 0.5) is 0 Å². The first-order valence-corrected chi connectivity index (χ1v) is 5.03. The highest BCUT2D eigenvalue weighted by atomic mass is 79.9. The number of rotatable bonds is 2. The van der Waals surface area contributed by atoms with Gasteiger partial charge in [0.1, 0.15) is 5.76 Å². The summed E-state index contributed by atoms with van der Waals surface area (Å²) in [6.07, 6.45) is 0.